The molecule has 1 aromatic carbocycles. The molecule has 6 heteroatoms. The maximum Gasteiger partial charge on any atom is 0.336 e. The smallest absolute Gasteiger partial charge is 0.329 e. The summed E-state index contributed by atoms with van der Waals surface area (Å²) in [6.07, 6.45) is 4.01. The molecule has 2 atom stereocenters. The number of hydroxylamine groups is 2. The standard InChI is InChI=1S/C17H12N2O4/c20-15-11-5-1-2-6-12(11)16(21)19(15)23-17(22)14-8-13(14)10-4-3-7-18-9-10/h1-7,9,13-14H,8H2/t13-,14+/m0/s1. The molecular formula is C17H12N2O4. The van der Waals surface area contributed by atoms with E-state index in [4.69, 9.17) is 4.84 Å². The largest absolute Gasteiger partial charge is 0.336 e. The Hall–Kier alpha value is -3.02. The second-order valence-electron chi connectivity index (χ2n) is 5.60. The van der Waals surface area contributed by atoms with Gasteiger partial charge in [-0.15, -0.1) is 0 Å². The Morgan fingerprint density at radius 3 is 2.39 bits per heavy atom. The molecule has 0 spiro atoms. The molecule has 6 nitrogen and oxygen atoms in total. The number of carbonyl (C=O) groups excluding carboxylic acids is 3. The molecule has 0 N–H and O–H groups in total. The fourth-order valence-electron chi connectivity index (χ4n) is 2.83. The minimum absolute atomic E-state index is 0.0337. The third kappa shape index (κ3) is 2.19. The van der Waals surface area contributed by atoms with Crippen LogP contribution in [0.2, 0.25) is 0 Å². The predicted molar refractivity (Wildman–Crippen MR) is 78.1 cm³/mol. The fourth-order valence-corrected chi connectivity index (χ4v) is 2.83. The molecular weight excluding hydrogens is 296 g/mol. The van der Waals surface area contributed by atoms with E-state index in [-0.39, 0.29) is 23.0 Å². The van der Waals surface area contributed by atoms with Crippen LogP contribution in [0.15, 0.2) is 48.8 Å². The average molecular weight is 308 g/mol. The summed E-state index contributed by atoms with van der Waals surface area (Å²) in [5.74, 6) is -2.07. The normalized spacial score (nSPS) is 22.0. The quantitative estimate of drug-likeness (QED) is 0.810. The van der Waals surface area contributed by atoms with Crippen LogP contribution in [0.3, 0.4) is 0 Å². The van der Waals surface area contributed by atoms with E-state index in [0.717, 1.165) is 5.56 Å². The number of hydrogen-bond acceptors (Lipinski definition) is 5. The summed E-state index contributed by atoms with van der Waals surface area (Å²) in [4.78, 5) is 45.6. The van der Waals surface area contributed by atoms with Crippen LogP contribution in [0.25, 0.3) is 0 Å². The number of hydrogen-bond donors (Lipinski definition) is 0. The van der Waals surface area contributed by atoms with Crippen LogP contribution in [0.4, 0.5) is 0 Å². The van der Waals surface area contributed by atoms with Gasteiger partial charge in [0.1, 0.15) is 0 Å². The Labute approximate surface area is 131 Å². The Morgan fingerprint density at radius 1 is 1.09 bits per heavy atom. The second-order valence-corrected chi connectivity index (χ2v) is 5.60. The van der Waals surface area contributed by atoms with E-state index in [1.54, 1.807) is 42.7 Å². The summed E-state index contributed by atoms with van der Waals surface area (Å²) in [7, 11) is 0. The minimum atomic E-state index is -0.600. The molecule has 2 aromatic rings. The number of aromatic nitrogens is 1. The van der Waals surface area contributed by atoms with Gasteiger partial charge < -0.3 is 4.84 Å². The first-order valence-corrected chi connectivity index (χ1v) is 7.26. The van der Waals surface area contributed by atoms with Crippen LogP contribution >= 0.6 is 0 Å². The van der Waals surface area contributed by atoms with E-state index in [2.05, 4.69) is 4.98 Å². The van der Waals surface area contributed by atoms with Gasteiger partial charge in [0, 0.05) is 12.4 Å². The maximum absolute atomic E-state index is 12.2. The molecule has 0 saturated heterocycles. The number of rotatable bonds is 3. The molecule has 2 heterocycles. The van der Waals surface area contributed by atoms with Crippen molar-refractivity contribution < 1.29 is 19.2 Å². The third-order valence-corrected chi connectivity index (χ3v) is 4.14. The van der Waals surface area contributed by atoms with E-state index < -0.39 is 17.8 Å². The zero-order valence-electron chi connectivity index (χ0n) is 12.0. The highest BCUT2D eigenvalue weighted by molar-refractivity contribution is 6.20. The molecule has 1 aliphatic heterocycles. The zero-order valence-corrected chi connectivity index (χ0v) is 12.0. The highest BCUT2D eigenvalue weighted by Gasteiger charge is 2.48. The summed E-state index contributed by atoms with van der Waals surface area (Å²) in [5, 5.41) is 0.561. The molecule has 0 bridgehead atoms. The van der Waals surface area contributed by atoms with Crippen molar-refractivity contribution in [2.45, 2.75) is 12.3 Å². The monoisotopic (exact) mass is 308 g/mol. The zero-order chi connectivity index (χ0) is 16.0. The van der Waals surface area contributed by atoms with Gasteiger partial charge in [-0.25, -0.2) is 4.79 Å². The summed E-state index contributed by atoms with van der Waals surface area (Å²) in [5.41, 5.74) is 1.46. The molecule has 4 rings (SSSR count). The van der Waals surface area contributed by atoms with Crippen molar-refractivity contribution in [3.05, 3.63) is 65.5 Å². The summed E-state index contributed by atoms with van der Waals surface area (Å²) < 4.78 is 0. The average Bonchev–Trinajstić information content (AvgIpc) is 3.36. The Balaban J connectivity index is 1.47. The molecule has 1 aromatic heterocycles. The number of amides is 2. The van der Waals surface area contributed by atoms with Crippen molar-refractivity contribution in [3.8, 4) is 0 Å². The minimum Gasteiger partial charge on any atom is -0.329 e. The molecule has 23 heavy (non-hydrogen) atoms. The van der Waals surface area contributed by atoms with Crippen LogP contribution in [0, 0.1) is 5.92 Å². The van der Waals surface area contributed by atoms with Crippen LogP contribution in [0.5, 0.6) is 0 Å². The van der Waals surface area contributed by atoms with Crippen LogP contribution in [-0.2, 0) is 9.63 Å². The van der Waals surface area contributed by atoms with Gasteiger partial charge in [-0.1, -0.05) is 23.3 Å². The summed E-state index contributed by atoms with van der Waals surface area (Å²) >= 11 is 0. The van der Waals surface area contributed by atoms with Gasteiger partial charge in [-0.3, -0.25) is 14.6 Å². The van der Waals surface area contributed by atoms with Gasteiger partial charge in [0.25, 0.3) is 11.8 Å². The Morgan fingerprint density at radius 2 is 1.78 bits per heavy atom. The van der Waals surface area contributed by atoms with Gasteiger partial charge in [-0.2, -0.15) is 0 Å². The number of nitrogens with zero attached hydrogens (tertiary/aromatic N) is 2. The highest BCUT2D eigenvalue weighted by atomic mass is 16.7. The van der Waals surface area contributed by atoms with Crippen LogP contribution < -0.4 is 0 Å². The molecule has 0 unspecified atom stereocenters. The molecule has 0 radical (unpaired) electrons. The Bertz CT molecular complexity index is 783. The molecule has 2 aliphatic rings. The second kappa shape index (κ2) is 5.01. The summed E-state index contributed by atoms with van der Waals surface area (Å²) in [6.45, 7) is 0. The fraction of sp³-hybridized carbons (Fsp3) is 0.176. The van der Waals surface area contributed by atoms with E-state index >= 15 is 0 Å². The van der Waals surface area contributed by atoms with Crippen molar-refractivity contribution in [1.82, 2.24) is 10.0 Å². The van der Waals surface area contributed by atoms with Gasteiger partial charge in [0.2, 0.25) is 0 Å². The van der Waals surface area contributed by atoms with Crippen molar-refractivity contribution in [1.29, 1.82) is 0 Å². The number of pyridine rings is 1. The van der Waals surface area contributed by atoms with Gasteiger partial charge >= 0.3 is 5.97 Å². The predicted octanol–water partition coefficient (Wildman–Crippen LogP) is 1.94. The molecule has 114 valence electrons. The molecule has 2 amide bonds. The lowest BCUT2D eigenvalue weighted by Gasteiger charge is -2.12. The van der Waals surface area contributed by atoms with Crippen molar-refractivity contribution >= 4 is 17.8 Å². The third-order valence-electron chi connectivity index (χ3n) is 4.14. The summed E-state index contributed by atoms with van der Waals surface area (Å²) in [6, 6.07) is 10.1. The molecule has 1 fully saturated rings. The maximum atomic E-state index is 12.2. The lowest BCUT2D eigenvalue weighted by molar-refractivity contribution is -0.170. The van der Waals surface area contributed by atoms with E-state index in [1.165, 1.54) is 0 Å². The van der Waals surface area contributed by atoms with Crippen molar-refractivity contribution in [2.75, 3.05) is 0 Å². The van der Waals surface area contributed by atoms with Gasteiger partial charge in [0.05, 0.1) is 17.0 Å². The number of imide groups is 1. The lowest BCUT2D eigenvalue weighted by Crippen LogP contribution is -2.33. The first-order chi connectivity index (χ1) is 11.2. The van der Waals surface area contributed by atoms with E-state index in [0.29, 0.717) is 11.5 Å². The van der Waals surface area contributed by atoms with Crippen molar-refractivity contribution in [2.24, 2.45) is 5.92 Å². The number of carbonyl (C=O) groups is 3. The van der Waals surface area contributed by atoms with Crippen molar-refractivity contribution in [3.63, 3.8) is 0 Å². The van der Waals surface area contributed by atoms with Gasteiger partial charge in [0.15, 0.2) is 0 Å². The van der Waals surface area contributed by atoms with Crippen LogP contribution in [0.1, 0.15) is 38.6 Å². The topological polar surface area (TPSA) is 76.6 Å². The molecule has 1 aliphatic carbocycles. The van der Waals surface area contributed by atoms with E-state index in [9.17, 15) is 14.4 Å². The van der Waals surface area contributed by atoms with Gasteiger partial charge in [-0.05, 0) is 36.1 Å². The first kappa shape index (κ1) is 13.6. The Kier molecular flexibility index (Phi) is 2.97. The SMILES string of the molecule is O=C(ON1C(=O)c2ccccc2C1=O)[C@@H]1C[C@H]1c1cccnc1. The lowest BCUT2D eigenvalue weighted by atomic mass is 10.1. The number of fused-ring (bicyclic) bond motifs is 1. The first-order valence-electron chi connectivity index (χ1n) is 7.26. The number of benzene rings is 1. The van der Waals surface area contributed by atoms with Crippen LogP contribution in [-0.4, -0.2) is 27.8 Å². The van der Waals surface area contributed by atoms with E-state index in [1.807, 2.05) is 6.07 Å². The highest BCUT2D eigenvalue weighted by Crippen LogP contribution is 2.48. The molecule has 1 saturated carbocycles.